The SMILES string of the molecule is O=C(O)C1CCN(C(=O)CCc2ccnc3ccccc23)C1. The van der Waals surface area contributed by atoms with Crippen molar-refractivity contribution in [2.75, 3.05) is 13.1 Å². The van der Waals surface area contributed by atoms with Crippen molar-refractivity contribution in [3.05, 3.63) is 42.1 Å². The maximum absolute atomic E-state index is 12.2. The smallest absolute Gasteiger partial charge is 0.308 e. The molecule has 22 heavy (non-hydrogen) atoms. The number of aromatic nitrogens is 1. The van der Waals surface area contributed by atoms with Gasteiger partial charge in [0, 0.05) is 31.1 Å². The Morgan fingerprint density at radius 3 is 2.86 bits per heavy atom. The summed E-state index contributed by atoms with van der Waals surface area (Å²) < 4.78 is 0. The number of carbonyl (C=O) groups excluding carboxylic acids is 1. The van der Waals surface area contributed by atoms with Crippen molar-refractivity contribution in [2.24, 2.45) is 5.92 Å². The second kappa shape index (κ2) is 6.13. The van der Waals surface area contributed by atoms with Gasteiger partial charge >= 0.3 is 5.97 Å². The van der Waals surface area contributed by atoms with E-state index in [4.69, 9.17) is 5.11 Å². The van der Waals surface area contributed by atoms with Crippen LogP contribution in [0.15, 0.2) is 36.5 Å². The summed E-state index contributed by atoms with van der Waals surface area (Å²) in [4.78, 5) is 29.2. The summed E-state index contributed by atoms with van der Waals surface area (Å²) in [7, 11) is 0. The first-order chi connectivity index (χ1) is 10.6. The Labute approximate surface area is 128 Å². The van der Waals surface area contributed by atoms with E-state index in [0.29, 0.717) is 32.4 Å². The second-order valence-corrected chi connectivity index (χ2v) is 5.65. The minimum absolute atomic E-state index is 0.0321. The van der Waals surface area contributed by atoms with Crippen LogP contribution in [0.2, 0.25) is 0 Å². The number of amides is 1. The van der Waals surface area contributed by atoms with E-state index >= 15 is 0 Å². The molecule has 0 saturated carbocycles. The average Bonchev–Trinajstić information content (AvgIpc) is 3.03. The monoisotopic (exact) mass is 298 g/mol. The number of nitrogens with zero attached hydrogens (tertiary/aromatic N) is 2. The van der Waals surface area contributed by atoms with Gasteiger partial charge in [-0.1, -0.05) is 18.2 Å². The Morgan fingerprint density at radius 1 is 1.27 bits per heavy atom. The van der Waals surface area contributed by atoms with Crippen LogP contribution < -0.4 is 0 Å². The van der Waals surface area contributed by atoms with Crippen molar-refractivity contribution in [3.63, 3.8) is 0 Å². The van der Waals surface area contributed by atoms with Gasteiger partial charge in [-0.25, -0.2) is 0 Å². The molecule has 0 spiro atoms. The van der Waals surface area contributed by atoms with Gasteiger partial charge in [0.15, 0.2) is 0 Å². The summed E-state index contributed by atoms with van der Waals surface area (Å²) in [5.41, 5.74) is 2.03. The fourth-order valence-electron chi connectivity index (χ4n) is 2.96. The lowest BCUT2D eigenvalue weighted by Gasteiger charge is -2.16. The fourth-order valence-corrected chi connectivity index (χ4v) is 2.96. The highest BCUT2D eigenvalue weighted by atomic mass is 16.4. The average molecular weight is 298 g/mol. The molecule has 1 aliphatic rings. The predicted molar refractivity (Wildman–Crippen MR) is 82.4 cm³/mol. The number of carboxylic acid groups (broad SMARTS) is 1. The van der Waals surface area contributed by atoms with E-state index in [-0.39, 0.29) is 5.91 Å². The number of fused-ring (bicyclic) bond motifs is 1. The van der Waals surface area contributed by atoms with Gasteiger partial charge < -0.3 is 10.0 Å². The Kier molecular flexibility index (Phi) is 4.04. The number of para-hydroxylation sites is 1. The van der Waals surface area contributed by atoms with E-state index < -0.39 is 11.9 Å². The Bertz CT molecular complexity index is 709. The van der Waals surface area contributed by atoms with Gasteiger partial charge in [-0.05, 0) is 30.5 Å². The fraction of sp³-hybridized carbons (Fsp3) is 0.353. The predicted octanol–water partition coefficient (Wildman–Crippen LogP) is 2.10. The number of rotatable bonds is 4. The number of aryl methyl sites for hydroxylation is 1. The van der Waals surface area contributed by atoms with Gasteiger partial charge in [0.1, 0.15) is 0 Å². The number of hydrogen-bond acceptors (Lipinski definition) is 3. The summed E-state index contributed by atoms with van der Waals surface area (Å²) in [5, 5.41) is 10.1. The third kappa shape index (κ3) is 2.93. The first-order valence-electron chi connectivity index (χ1n) is 7.48. The molecule has 114 valence electrons. The quantitative estimate of drug-likeness (QED) is 0.938. The van der Waals surface area contributed by atoms with Crippen LogP contribution in [-0.4, -0.2) is 40.0 Å². The topological polar surface area (TPSA) is 70.5 Å². The molecule has 5 heteroatoms. The van der Waals surface area contributed by atoms with Crippen LogP contribution in [-0.2, 0) is 16.0 Å². The highest BCUT2D eigenvalue weighted by Gasteiger charge is 2.30. The minimum Gasteiger partial charge on any atom is -0.481 e. The zero-order chi connectivity index (χ0) is 15.5. The summed E-state index contributed by atoms with van der Waals surface area (Å²) in [6, 6.07) is 9.82. The Hall–Kier alpha value is -2.43. The molecule has 1 amide bonds. The number of benzene rings is 1. The van der Waals surface area contributed by atoms with E-state index in [1.807, 2.05) is 30.3 Å². The van der Waals surface area contributed by atoms with Gasteiger partial charge in [-0.15, -0.1) is 0 Å². The van der Waals surface area contributed by atoms with Crippen LogP contribution in [0.25, 0.3) is 10.9 Å². The van der Waals surface area contributed by atoms with Crippen LogP contribution in [0.5, 0.6) is 0 Å². The standard InChI is InChI=1S/C17H18N2O3/c20-16(19-10-8-13(11-19)17(21)22)6-5-12-7-9-18-15-4-2-1-3-14(12)15/h1-4,7,9,13H,5-6,8,10-11H2,(H,21,22). The third-order valence-corrected chi connectivity index (χ3v) is 4.24. The molecular weight excluding hydrogens is 280 g/mol. The number of carboxylic acids is 1. The zero-order valence-corrected chi connectivity index (χ0v) is 12.2. The maximum Gasteiger partial charge on any atom is 0.308 e. The van der Waals surface area contributed by atoms with Gasteiger partial charge in [-0.3, -0.25) is 14.6 Å². The van der Waals surface area contributed by atoms with Gasteiger partial charge in [0.25, 0.3) is 0 Å². The van der Waals surface area contributed by atoms with Gasteiger partial charge in [0.05, 0.1) is 11.4 Å². The minimum atomic E-state index is -0.810. The lowest BCUT2D eigenvalue weighted by Crippen LogP contribution is -2.30. The first kappa shape index (κ1) is 14.5. The summed E-state index contributed by atoms with van der Waals surface area (Å²) >= 11 is 0. The molecule has 2 aromatic rings. The maximum atomic E-state index is 12.2. The van der Waals surface area contributed by atoms with Crippen LogP contribution in [0.1, 0.15) is 18.4 Å². The zero-order valence-electron chi connectivity index (χ0n) is 12.2. The number of pyridine rings is 1. The number of aliphatic carboxylic acids is 1. The van der Waals surface area contributed by atoms with E-state index in [0.717, 1.165) is 16.5 Å². The van der Waals surface area contributed by atoms with Crippen molar-refractivity contribution < 1.29 is 14.7 Å². The highest BCUT2D eigenvalue weighted by Crippen LogP contribution is 2.20. The third-order valence-electron chi connectivity index (χ3n) is 4.24. The van der Waals surface area contributed by atoms with Crippen LogP contribution >= 0.6 is 0 Å². The molecule has 1 aromatic heterocycles. The Balaban J connectivity index is 1.65. The number of likely N-dealkylation sites (tertiary alicyclic amines) is 1. The molecule has 1 atom stereocenters. The van der Waals surface area contributed by atoms with E-state index in [1.165, 1.54) is 0 Å². The lowest BCUT2D eigenvalue weighted by atomic mass is 10.0. The van der Waals surface area contributed by atoms with E-state index in [1.54, 1.807) is 11.1 Å². The molecule has 1 aromatic carbocycles. The van der Waals surface area contributed by atoms with Crippen molar-refractivity contribution in [2.45, 2.75) is 19.3 Å². The van der Waals surface area contributed by atoms with Gasteiger partial charge in [-0.2, -0.15) is 0 Å². The first-order valence-corrected chi connectivity index (χ1v) is 7.48. The largest absolute Gasteiger partial charge is 0.481 e. The molecule has 0 aliphatic carbocycles. The number of hydrogen-bond donors (Lipinski definition) is 1. The van der Waals surface area contributed by atoms with E-state index in [2.05, 4.69) is 4.98 Å². The summed E-state index contributed by atoms with van der Waals surface area (Å²) in [5.74, 6) is -1.19. The molecule has 1 fully saturated rings. The van der Waals surface area contributed by atoms with Crippen LogP contribution in [0.3, 0.4) is 0 Å². The molecular formula is C17H18N2O3. The molecule has 1 saturated heterocycles. The molecule has 1 N–H and O–H groups in total. The lowest BCUT2D eigenvalue weighted by molar-refractivity contribution is -0.141. The molecule has 0 bridgehead atoms. The highest BCUT2D eigenvalue weighted by molar-refractivity contribution is 5.83. The normalized spacial score (nSPS) is 17.8. The molecule has 0 radical (unpaired) electrons. The van der Waals surface area contributed by atoms with Crippen LogP contribution in [0, 0.1) is 5.92 Å². The van der Waals surface area contributed by atoms with Crippen molar-refractivity contribution in [1.29, 1.82) is 0 Å². The van der Waals surface area contributed by atoms with E-state index in [9.17, 15) is 9.59 Å². The summed E-state index contributed by atoms with van der Waals surface area (Å²) in [6.07, 6.45) is 3.37. The molecule has 5 nitrogen and oxygen atoms in total. The Morgan fingerprint density at radius 2 is 2.09 bits per heavy atom. The molecule has 1 unspecified atom stereocenters. The van der Waals surface area contributed by atoms with Crippen LogP contribution in [0.4, 0.5) is 0 Å². The molecule has 2 heterocycles. The molecule has 1 aliphatic heterocycles. The second-order valence-electron chi connectivity index (χ2n) is 5.65. The van der Waals surface area contributed by atoms with Gasteiger partial charge in [0.2, 0.25) is 5.91 Å². The number of carbonyl (C=O) groups is 2. The summed E-state index contributed by atoms with van der Waals surface area (Å²) in [6.45, 7) is 0.887. The van der Waals surface area contributed by atoms with Crippen molar-refractivity contribution in [1.82, 2.24) is 9.88 Å². The molecule has 3 rings (SSSR count). The van der Waals surface area contributed by atoms with Crippen molar-refractivity contribution in [3.8, 4) is 0 Å². The van der Waals surface area contributed by atoms with Crippen molar-refractivity contribution >= 4 is 22.8 Å².